The highest BCUT2D eigenvalue weighted by Gasteiger charge is 2.19. The maximum Gasteiger partial charge on any atom is 0.407 e. The van der Waals surface area contributed by atoms with E-state index >= 15 is 0 Å². The Kier molecular flexibility index (Phi) is 8.01. The molecular weight excluding hydrogens is 390 g/mol. The fraction of sp³-hybridized carbons (Fsp3) is 0.280. The zero-order valence-corrected chi connectivity index (χ0v) is 17.7. The fourth-order valence-electron chi connectivity index (χ4n) is 3.60. The molecule has 0 bridgehead atoms. The standard InChI is InChI=1S/C25H29N3O3/c1-18(21-14-7-12-20-11-5-6-13-22(20)21)28-23(24(26)29)15-8-16-27-25(30)31-17-19-9-3-2-4-10-19/h2-7,9-14,18,23,28H,8,15-17H2,1H3,(H2,26,29)(H,27,30)/t18-,23-/m1/s1. The summed E-state index contributed by atoms with van der Waals surface area (Å²) in [5.41, 5.74) is 7.66. The Balaban J connectivity index is 1.46. The average molecular weight is 420 g/mol. The average Bonchev–Trinajstić information content (AvgIpc) is 2.79. The van der Waals surface area contributed by atoms with Gasteiger partial charge in [-0.25, -0.2) is 4.79 Å². The van der Waals surface area contributed by atoms with Crippen molar-refractivity contribution in [2.24, 2.45) is 5.73 Å². The Bertz CT molecular complexity index is 1000. The van der Waals surface area contributed by atoms with Crippen LogP contribution in [0.1, 0.15) is 36.9 Å². The van der Waals surface area contributed by atoms with Gasteiger partial charge in [-0.15, -0.1) is 0 Å². The lowest BCUT2D eigenvalue weighted by atomic mass is 9.98. The monoisotopic (exact) mass is 419 g/mol. The molecule has 0 radical (unpaired) electrons. The first-order valence-electron chi connectivity index (χ1n) is 10.5. The molecule has 3 aromatic carbocycles. The number of amides is 2. The number of carbonyl (C=O) groups is 2. The maximum atomic E-state index is 12.0. The van der Waals surface area contributed by atoms with E-state index in [0.717, 1.165) is 21.9 Å². The predicted octanol–water partition coefficient (Wildman–Crippen LogP) is 4.05. The van der Waals surface area contributed by atoms with Gasteiger partial charge < -0.3 is 15.8 Å². The smallest absolute Gasteiger partial charge is 0.407 e. The summed E-state index contributed by atoms with van der Waals surface area (Å²) in [5, 5.41) is 8.36. The lowest BCUT2D eigenvalue weighted by molar-refractivity contribution is -0.120. The minimum Gasteiger partial charge on any atom is -0.445 e. The third kappa shape index (κ3) is 6.55. The van der Waals surface area contributed by atoms with Gasteiger partial charge in [-0.3, -0.25) is 10.1 Å². The van der Waals surface area contributed by atoms with Gasteiger partial charge in [-0.2, -0.15) is 0 Å². The van der Waals surface area contributed by atoms with Gasteiger partial charge in [0.1, 0.15) is 6.61 Å². The molecule has 0 aromatic heterocycles. The Morgan fingerprint density at radius 2 is 1.68 bits per heavy atom. The minimum absolute atomic E-state index is 0.0487. The number of nitrogens with two attached hydrogens (primary N) is 1. The van der Waals surface area contributed by atoms with Crippen molar-refractivity contribution in [2.75, 3.05) is 6.54 Å². The zero-order valence-electron chi connectivity index (χ0n) is 17.7. The highest BCUT2D eigenvalue weighted by atomic mass is 16.5. The van der Waals surface area contributed by atoms with Crippen LogP contribution in [0.15, 0.2) is 72.8 Å². The fourth-order valence-corrected chi connectivity index (χ4v) is 3.60. The van der Waals surface area contributed by atoms with Crippen molar-refractivity contribution in [1.82, 2.24) is 10.6 Å². The number of alkyl carbamates (subject to hydrolysis) is 1. The number of carbonyl (C=O) groups excluding carboxylic acids is 2. The molecule has 0 saturated carbocycles. The number of ether oxygens (including phenoxy) is 1. The van der Waals surface area contributed by atoms with Gasteiger partial charge in [0, 0.05) is 12.6 Å². The van der Waals surface area contributed by atoms with Crippen LogP contribution in [0.4, 0.5) is 4.79 Å². The Morgan fingerprint density at radius 3 is 2.45 bits per heavy atom. The summed E-state index contributed by atoms with van der Waals surface area (Å²) in [7, 11) is 0. The molecular formula is C25H29N3O3. The predicted molar refractivity (Wildman–Crippen MR) is 122 cm³/mol. The molecule has 3 rings (SSSR count). The molecule has 162 valence electrons. The number of hydrogen-bond donors (Lipinski definition) is 3. The molecule has 0 aliphatic rings. The van der Waals surface area contributed by atoms with E-state index in [-0.39, 0.29) is 12.6 Å². The molecule has 4 N–H and O–H groups in total. The molecule has 6 nitrogen and oxygen atoms in total. The van der Waals surface area contributed by atoms with E-state index in [0.29, 0.717) is 19.4 Å². The molecule has 2 atom stereocenters. The number of nitrogens with one attached hydrogen (secondary N) is 2. The first-order chi connectivity index (χ1) is 15.0. The number of primary amides is 1. The lowest BCUT2D eigenvalue weighted by Crippen LogP contribution is -2.43. The van der Waals surface area contributed by atoms with E-state index in [4.69, 9.17) is 10.5 Å². The molecule has 3 aromatic rings. The van der Waals surface area contributed by atoms with Crippen molar-refractivity contribution >= 4 is 22.8 Å². The Labute approximate surface area is 182 Å². The van der Waals surface area contributed by atoms with Crippen molar-refractivity contribution in [2.45, 2.75) is 38.5 Å². The van der Waals surface area contributed by atoms with Gasteiger partial charge in [-0.1, -0.05) is 72.8 Å². The van der Waals surface area contributed by atoms with Crippen LogP contribution in [0.25, 0.3) is 10.8 Å². The van der Waals surface area contributed by atoms with Crippen molar-refractivity contribution in [3.63, 3.8) is 0 Å². The number of benzene rings is 3. The van der Waals surface area contributed by atoms with Gasteiger partial charge in [0.05, 0.1) is 6.04 Å². The summed E-state index contributed by atoms with van der Waals surface area (Å²) in [6.45, 7) is 2.65. The highest BCUT2D eigenvalue weighted by Crippen LogP contribution is 2.24. The minimum atomic E-state index is -0.490. The van der Waals surface area contributed by atoms with Gasteiger partial charge in [0.15, 0.2) is 0 Å². The highest BCUT2D eigenvalue weighted by molar-refractivity contribution is 5.86. The van der Waals surface area contributed by atoms with Crippen LogP contribution < -0.4 is 16.4 Å². The van der Waals surface area contributed by atoms with Gasteiger partial charge in [-0.05, 0) is 41.7 Å². The van der Waals surface area contributed by atoms with Crippen molar-refractivity contribution < 1.29 is 14.3 Å². The molecule has 6 heteroatoms. The molecule has 31 heavy (non-hydrogen) atoms. The van der Waals surface area contributed by atoms with Crippen molar-refractivity contribution in [3.05, 3.63) is 83.9 Å². The van der Waals surface area contributed by atoms with Gasteiger partial charge >= 0.3 is 6.09 Å². The second kappa shape index (κ2) is 11.1. The molecule has 0 heterocycles. The van der Waals surface area contributed by atoms with Crippen LogP contribution in [-0.2, 0) is 16.1 Å². The first kappa shape index (κ1) is 22.3. The third-order valence-electron chi connectivity index (χ3n) is 5.24. The van der Waals surface area contributed by atoms with E-state index in [9.17, 15) is 9.59 Å². The molecule has 0 fully saturated rings. The molecule has 2 amide bonds. The van der Waals surface area contributed by atoms with E-state index in [1.54, 1.807) is 0 Å². The van der Waals surface area contributed by atoms with E-state index < -0.39 is 18.0 Å². The molecule has 0 spiro atoms. The summed E-state index contributed by atoms with van der Waals surface area (Å²) in [5.74, 6) is -0.404. The summed E-state index contributed by atoms with van der Waals surface area (Å²) in [6, 6.07) is 23.3. The Hall–Kier alpha value is -3.38. The van der Waals surface area contributed by atoms with Crippen molar-refractivity contribution in [3.8, 4) is 0 Å². The van der Waals surface area contributed by atoms with E-state index in [1.807, 2.05) is 55.5 Å². The second-order valence-corrected chi connectivity index (χ2v) is 7.54. The summed E-state index contributed by atoms with van der Waals surface area (Å²) in [4.78, 5) is 23.8. The third-order valence-corrected chi connectivity index (χ3v) is 5.24. The van der Waals surface area contributed by atoms with Crippen molar-refractivity contribution in [1.29, 1.82) is 0 Å². The number of hydrogen-bond acceptors (Lipinski definition) is 4. The van der Waals surface area contributed by atoms with Crippen LogP contribution in [0, 0.1) is 0 Å². The van der Waals surface area contributed by atoms with Crippen LogP contribution in [-0.4, -0.2) is 24.6 Å². The van der Waals surface area contributed by atoms with Gasteiger partial charge in [0.2, 0.25) is 5.91 Å². The summed E-state index contributed by atoms with van der Waals surface area (Å²) >= 11 is 0. The maximum absolute atomic E-state index is 12.0. The largest absolute Gasteiger partial charge is 0.445 e. The van der Waals surface area contributed by atoms with Crippen LogP contribution in [0.2, 0.25) is 0 Å². The van der Waals surface area contributed by atoms with E-state index in [2.05, 4.69) is 34.9 Å². The zero-order chi connectivity index (χ0) is 22.1. The quantitative estimate of drug-likeness (QED) is 0.432. The number of fused-ring (bicyclic) bond motifs is 1. The Morgan fingerprint density at radius 1 is 0.968 bits per heavy atom. The molecule has 0 saturated heterocycles. The molecule has 0 unspecified atom stereocenters. The molecule has 0 aliphatic carbocycles. The normalized spacial score (nSPS) is 12.8. The topological polar surface area (TPSA) is 93.4 Å². The lowest BCUT2D eigenvalue weighted by Gasteiger charge is -2.22. The van der Waals surface area contributed by atoms with Crippen LogP contribution in [0.3, 0.4) is 0 Å². The van der Waals surface area contributed by atoms with E-state index in [1.165, 1.54) is 0 Å². The second-order valence-electron chi connectivity index (χ2n) is 7.54. The summed E-state index contributed by atoms with van der Waals surface area (Å²) in [6.07, 6.45) is 0.642. The SMILES string of the molecule is C[C@@H](N[C@H](CCCNC(=O)OCc1ccccc1)C(N)=O)c1cccc2ccccc12. The van der Waals surface area contributed by atoms with Crippen LogP contribution in [0.5, 0.6) is 0 Å². The van der Waals surface area contributed by atoms with Crippen LogP contribution >= 0.6 is 0 Å². The van der Waals surface area contributed by atoms with Gasteiger partial charge in [0.25, 0.3) is 0 Å². The first-order valence-corrected chi connectivity index (χ1v) is 10.5. The summed E-state index contributed by atoms with van der Waals surface area (Å²) < 4.78 is 5.19. The number of rotatable bonds is 10. The molecule has 0 aliphatic heterocycles.